The number of cyclic esters (lactones) is 1. The third-order valence-electron chi connectivity index (χ3n) is 5.66. The van der Waals surface area contributed by atoms with E-state index in [0.717, 1.165) is 12.8 Å². The summed E-state index contributed by atoms with van der Waals surface area (Å²) in [5, 5.41) is 8.47. The maximum Gasteiger partial charge on any atom is 0.329 e. The van der Waals surface area contributed by atoms with Crippen molar-refractivity contribution in [2.45, 2.75) is 118 Å². The van der Waals surface area contributed by atoms with Crippen LogP contribution in [0.2, 0.25) is 0 Å². The number of carbonyl (C=O) groups excluding carboxylic acids is 4. The third-order valence-corrected chi connectivity index (χ3v) is 5.66. The van der Waals surface area contributed by atoms with Gasteiger partial charge in [-0.05, 0) is 36.5 Å². The first kappa shape index (κ1) is 28.9. The van der Waals surface area contributed by atoms with Crippen molar-refractivity contribution in [1.29, 1.82) is 0 Å². The molecule has 4 atom stereocenters. The molecule has 1 heterocycles. The molecule has 190 valence electrons. The highest BCUT2D eigenvalue weighted by atomic mass is 16.5. The molecule has 8 heteroatoms. The van der Waals surface area contributed by atoms with E-state index in [0.29, 0.717) is 19.3 Å². The van der Waals surface area contributed by atoms with Gasteiger partial charge in [-0.15, -0.1) is 0 Å². The Morgan fingerprint density at radius 2 is 1.39 bits per heavy atom. The number of esters is 1. The highest BCUT2D eigenvalue weighted by molar-refractivity contribution is 5.94. The number of carbonyl (C=O) groups is 4. The summed E-state index contributed by atoms with van der Waals surface area (Å²) in [4.78, 5) is 52.3. The molecule has 0 bridgehead atoms. The van der Waals surface area contributed by atoms with Crippen LogP contribution in [0.3, 0.4) is 0 Å². The van der Waals surface area contributed by atoms with Gasteiger partial charge in [-0.2, -0.15) is 0 Å². The Morgan fingerprint density at radius 1 is 0.879 bits per heavy atom. The first-order valence-electron chi connectivity index (χ1n) is 12.3. The van der Waals surface area contributed by atoms with E-state index >= 15 is 0 Å². The van der Waals surface area contributed by atoms with Crippen molar-refractivity contribution in [3.8, 4) is 0 Å². The van der Waals surface area contributed by atoms with Crippen molar-refractivity contribution in [3.63, 3.8) is 0 Å². The Balaban J connectivity index is 3.37. The van der Waals surface area contributed by atoms with Gasteiger partial charge >= 0.3 is 5.97 Å². The summed E-state index contributed by atoms with van der Waals surface area (Å²) in [6.45, 7) is 15.4. The van der Waals surface area contributed by atoms with E-state index in [-0.39, 0.29) is 30.1 Å². The molecule has 33 heavy (non-hydrogen) atoms. The van der Waals surface area contributed by atoms with E-state index < -0.39 is 41.5 Å². The number of hydrogen-bond donors (Lipinski definition) is 3. The van der Waals surface area contributed by atoms with Crippen molar-refractivity contribution < 1.29 is 23.9 Å². The SMILES string of the molecule is CCCCC1CC(=O)NC(CC(C)C)C(=O)NC(CC(C)C)C(=O)NC(C(C)(C)C)C(=O)O1. The van der Waals surface area contributed by atoms with Crippen LogP contribution in [-0.4, -0.2) is 47.9 Å². The second-order valence-electron chi connectivity index (χ2n) is 11.2. The second-order valence-corrected chi connectivity index (χ2v) is 11.2. The van der Waals surface area contributed by atoms with Crippen LogP contribution in [0, 0.1) is 17.3 Å². The number of nitrogens with one attached hydrogen (secondary N) is 3. The Labute approximate surface area is 199 Å². The van der Waals surface area contributed by atoms with Gasteiger partial charge in [0.15, 0.2) is 0 Å². The van der Waals surface area contributed by atoms with Crippen LogP contribution in [-0.2, 0) is 23.9 Å². The molecular formula is C25H45N3O5. The van der Waals surface area contributed by atoms with Gasteiger partial charge < -0.3 is 20.7 Å². The summed E-state index contributed by atoms with van der Waals surface area (Å²) in [5.41, 5.74) is -0.614. The number of unbranched alkanes of at least 4 members (excludes halogenated alkanes) is 1. The average Bonchev–Trinajstić information content (AvgIpc) is 2.66. The van der Waals surface area contributed by atoms with Gasteiger partial charge in [-0.3, -0.25) is 14.4 Å². The molecule has 3 amide bonds. The molecule has 8 nitrogen and oxygen atoms in total. The standard InChI is InChI=1S/C25H45N3O5/c1-9-10-11-17-14-20(29)26-18(12-15(2)3)22(30)27-19(13-16(4)5)23(31)28-21(24(32)33-17)25(6,7)8/h15-19,21H,9-14H2,1-8H3,(H,26,29)(H,27,30)(H,28,31). The van der Waals surface area contributed by atoms with Crippen LogP contribution in [0.5, 0.6) is 0 Å². The number of amides is 3. The van der Waals surface area contributed by atoms with E-state index in [4.69, 9.17) is 4.74 Å². The molecule has 1 rings (SSSR count). The van der Waals surface area contributed by atoms with Crippen LogP contribution in [0.15, 0.2) is 0 Å². The van der Waals surface area contributed by atoms with Gasteiger partial charge in [0.2, 0.25) is 17.7 Å². The van der Waals surface area contributed by atoms with Gasteiger partial charge in [-0.25, -0.2) is 4.79 Å². The Morgan fingerprint density at radius 3 is 1.88 bits per heavy atom. The minimum atomic E-state index is -0.907. The van der Waals surface area contributed by atoms with E-state index in [1.807, 2.05) is 55.4 Å². The fraction of sp³-hybridized carbons (Fsp3) is 0.840. The Kier molecular flexibility index (Phi) is 11.3. The zero-order chi connectivity index (χ0) is 25.3. The van der Waals surface area contributed by atoms with Crippen LogP contribution in [0.1, 0.15) is 93.9 Å². The van der Waals surface area contributed by atoms with Gasteiger partial charge in [0.1, 0.15) is 24.2 Å². The smallest absolute Gasteiger partial charge is 0.329 e. The molecule has 1 aliphatic heterocycles. The summed E-state index contributed by atoms with van der Waals surface area (Å²) in [5.74, 6) is -1.41. The molecule has 1 saturated heterocycles. The monoisotopic (exact) mass is 467 g/mol. The van der Waals surface area contributed by atoms with Crippen LogP contribution < -0.4 is 16.0 Å². The minimum absolute atomic E-state index is 0.0200. The lowest BCUT2D eigenvalue weighted by Gasteiger charge is -2.32. The number of ether oxygens (including phenoxy) is 1. The van der Waals surface area contributed by atoms with Gasteiger partial charge in [-0.1, -0.05) is 68.2 Å². The van der Waals surface area contributed by atoms with Crippen LogP contribution in [0.25, 0.3) is 0 Å². The van der Waals surface area contributed by atoms with Crippen LogP contribution in [0.4, 0.5) is 0 Å². The molecule has 0 aliphatic carbocycles. The molecule has 0 spiro atoms. The number of rotatable bonds is 7. The minimum Gasteiger partial charge on any atom is -0.460 e. The second kappa shape index (κ2) is 12.9. The Hall–Kier alpha value is -2.12. The van der Waals surface area contributed by atoms with Crippen molar-refractivity contribution in [2.75, 3.05) is 0 Å². The summed E-state index contributed by atoms with van der Waals surface area (Å²) in [7, 11) is 0. The predicted molar refractivity (Wildman–Crippen MR) is 128 cm³/mol. The highest BCUT2D eigenvalue weighted by Crippen LogP contribution is 2.23. The lowest BCUT2D eigenvalue weighted by Crippen LogP contribution is -2.58. The zero-order valence-corrected chi connectivity index (χ0v) is 21.7. The van der Waals surface area contributed by atoms with Crippen molar-refractivity contribution in [2.24, 2.45) is 17.3 Å². The summed E-state index contributed by atoms with van der Waals surface area (Å²) in [6, 6.07) is -2.49. The van der Waals surface area contributed by atoms with Gasteiger partial charge in [0.25, 0.3) is 0 Å². The molecule has 0 aromatic rings. The van der Waals surface area contributed by atoms with Crippen molar-refractivity contribution >= 4 is 23.7 Å². The molecule has 0 radical (unpaired) electrons. The summed E-state index contributed by atoms with van der Waals surface area (Å²) >= 11 is 0. The highest BCUT2D eigenvalue weighted by Gasteiger charge is 2.38. The van der Waals surface area contributed by atoms with Gasteiger partial charge in [0, 0.05) is 0 Å². The van der Waals surface area contributed by atoms with E-state index in [1.165, 1.54) is 0 Å². The first-order valence-corrected chi connectivity index (χ1v) is 12.3. The Bertz CT molecular complexity index is 684. The fourth-order valence-corrected chi connectivity index (χ4v) is 3.88. The third kappa shape index (κ3) is 10.1. The van der Waals surface area contributed by atoms with Crippen molar-refractivity contribution in [3.05, 3.63) is 0 Å². The molecular weight excluding hydrogens is 422 g/mol. The predicted octanol–water partition coefficient (Wildman–Crippen LogP) is 3.08. The molecule has 1 aliphatic rings. The van der Waals surface area contributed by atoms with E-state index in [1.54, 1.807) is 0 Å². The maximum absolute atomic E-state index is 13.2. The lowest BCUT2D eigenvalue weighted by molar-refractivity contribution is -0.157. The number of hydrogen-bond acceptors (Lipinski definition) is 5. The average molecular weight is 468 g/mol. The quantitative estimate of drug-likeness (QED) is 0.498. The largest absolute Gasteiger partial charge is 0.460 e. The van der Waals surface area contributed by atoms with Crippen LogP contribution >= 0.6 is 0 Å². The van der Waals surface area contributed by atoms with Gasteiger partial charge in [0.05, 0.1) is 6.42 Å². The maximum atomic E-state index is 13.2. The normalized spacial score (nSPS) is 26.0. The van der Waals surface area contributed by atoms with E-state index in [2.05, 4.69) is 16.0 Å². The molecule has 0 aromatic heterocycles. The zero-order valence-electron chi connectivity index (χ0n) is 21.7. The van der Waals surface area contributed by atoms with Crippen molar-refractivity contribution in [1.82, 2.24) is 16.0 Å². The molecule has 3 N–H and O–H groups in total. The summed E-state index contributed by atoms with van der Waals surface area (Å²) in [6.07, 6.45) is 2.44. The topological polar surface area (TPSA) is 114 Å². The first-order chi connectivity index (χ1) is 15.2. The molecule has 4 unspecified atom stereocenters. The molecule has 0 saturated carbocycles. The lowest BCUT2D eigenvalue weighted by atomic mass is 9.86. The summed E-state index contributed by atoms with van der Waals surface area (Å²) < 4.78 is 5.76. The fourth-order valence-electron chi connectivity index (χ4n) is 3.88. The molecule has 0 aromatic carbocycles. The van der Waals surface area contributed by atoms with E-state index in [9.17, 15) is 19.2 Å². The molecule has 1 fully saturated rings.